The van der Waals surface area contributed by atoms with E-state index >= 15 is 0 Å². The third-order valence-electron chi connectivity index (χ3n) is 12.5. The zero-order valence-corrected chi connectivity index (χ0v) is 30.9. The SMILES string of the molecule is CC(C)(C)c1ccc2ccc3c(-c4ccc(-c5ccc6c(c5)C(C)(C)c5cc7c8ccccc8c8ccccc8c7cc5-6)cc4)ccc4ccc1c2c43. The second kappa shape index (κ2) is 10.6. The van der Waals surface area contributed by atoms with E-state index < -0.39 is 0 Å². The first-order valence-corrected chi connectivity index (χ1v) is 19.0. The fourth-order valence-electron chi connectivity index (χ4n) is 9.86. The summed E-state index contributed by atoms with van der Waals surface area (Å²) in [4.78, 5) is 0. The Morgan fingerprint density at radius 2 is 0.849 bits per heavy atom. The van der Waals surface area contributed by atoms with Gasteiger partial charge in [-0.05, 0) is 138 Å². The van der Waals surface area contributed by atoms with E-state index in [4.69, 9.17) is 0 Å². The quantitative estimate of drug-likeness (QED) is 0.160. The number of hydrogen-bond acceptors (Lipinski definition) is 0. The number of rotatable bonds is 2. The molecule has 11 rings (SSSR count). The molecule has 0 bridgehead atoms. The summed E-state index contributed by atoms with van der Waals surface area (Å²) in [5.74, 6) is 0. The average Bonchev–Trinajstić information content (AvgIpc) is 3.40. The lowest BCUT2D eigenvalue weighted by atomic mass is 9.80. The molecule has 0 aromatic heterocycles. The molecule has 252 valence electrons. The predicted octanol–water partition coefficient (Wildman–Crippen LogP) is 15.0. The third-order valence-corrected chi connectivity index (χ3v) is 12.5. The molecular formula is C53H40. The van der Waals surface area contributed by atoms with Crippen molar-refractivity contribution < 1.29 is 0 Å². The minimum absolute atomic E-state index is 0.0778. The second-order valence-corrected chi connectivity index (χ2v) is 16.9. The summed E-state index contributed by atoms with van der Waals surface area (Å²) < 4.78 is 0. The number of benzene rings is 10. The summed E-state index contributed by atoms with van der Waals surface area (Å²) in [6, 6.07) is 57.7. The van der Waals surface area contributed by atoms with Crippen molar-refractivity contribution in [1.82, 2.24) is 0 Å². The van der Waals surface area contributed by atoms with Crippen LogP contribution in [0.3, 0.4) is 0 Å². The van der Waals surface area contributed by atoms with Crippen molar-refractivity contribution in [3.8, 4) is 33.4 Å². The zero-order valence-electron chi connectivity index (χ0n) is 30.9. The van der Waals surface area contributed by atoms with Gasteiger partial charge in [0.15, 0.2) is 0 Å². The summed E-state index contributed by atoms with van der Waals surface area (Å²) in [5, 5.41) is 16.1. The lowest BCUT2D eigenvalue weighted by Gasteiger charge is -2.23. The molecule has 0 atom stereocenters. The molecule has 1 aliphatic rings. The topological polar surface area (TPSA) is 0 Å². The van der Waals surface area contributed by atoms with Gasteiger partial charge in [-0.25, -0.2) is 0 Å². The number of hydrogen-bond donors (Lipinski definition) is 0. The van der Waals surface area contributed by atoms with Gasteiger partial charge in [0.1, 0.15) is 0 Å². The molecule has 0 heterocycles. The molecule has 0 spiro atoms. The smallest absolute Gasteiger partial charge is 0.0159 e. The molecule has 10 aromatic carbocycles. The lowest BCUT2D eigenvalue weighted by molar-refractivity contribution is 0.596. The molecule has 0 aliphatic heterocycles. The Bertz CT molecular complexity index is 3150. The normalized spacial score (nSPS) is 13.9. The maximum Gasteiger partial charge on any atom is 0.0159 e. The van der Waals surface area contributed by atoms with Gasteiger partial charge in [-0.15, -0.1) is 0 Å². The van der Waals surface area contributed by atoms with E-state index in [2.05, 4.69) is 186 Å². The van der Waals surface area contributed by atoms with Crippen molar-refractivity contribution >= 4 is 64.6 Å². The van der Waals surface area contributed by atoms with Crippen LogP contribution >= 0.6 is 0 Å². The molecule has 0 radical (unpaired) electrons. The van der Waals surface area contributed by atoms with Crippen LogP contribution < -0.4 is 0 Å². The molecular weight excluding hydrogens is 637 g/mol. The highest BCUT2D eigenvalue weighted by molar-refractivity contribution is 6.27. The van der Waals surface area contributed by atoms with Gasteiger partial charge < -0.3 is 0 Å². The van der Waals surface area contributed by atoms with Gasteiger partial charge in [0, 0.05) is 5.41 Å². The summed E-state index contributed by atoms with van der Waals surface area (Å²) in [6.07, 6.45) is 0. The molecule has 0 saturated heterocycles. The Kier molecular flexibility index (Phi) is 6.10. The summed E-state index contributed by atoms with van der Waals surface area (Å²) in [6.45, 7) is 11.8. The first-order valence-electron chi connectivity index (χ1n) is 19.0. The van der Waals surface area contributed by atoms with Crippen LogP contribution in [-0.4, -0.2) is 0 Å². The molecule has 0 N–H and O–H groups in total. The molecule has 0 fully saturated rings. The fourth-order valence-corrected chi connectivity index (χ4v) is 9.86. The zero-order chi connectivity index (χ0) is 35.8. The van der Waals surface area contributed by atoms with Crippen molar-refractivity contribution in [1.29, 1.82) is 0 Å². The van der Waals surface area contributed by atoms with Gasteiger partial charge in [-0.3, -0.25) is 0 Å². The van der Waals surface area contributed by atoms with E-state index in [0.717, 1.165) is 0 Å². The Morgan fingerprint density at radius 3 is 1.51 bits per heavy atom. The van der Waals surface area contributed by atoms with Crippen molar-refractivity contribution in [2.75, 3.05) is 0 Å². The fraction of sp³-hybridized carbons (Fsp3) is 0.132. The van der Waals surface area contributed by atoms with Gasteiger partial charge in [-0.1, -0.05) is 168 Å². The lowest BCUT2D eigenvalue weighted by Crippen LogP contribution is -2.15. The molecule has 0 heteroatoms. The van der Waals surface area contributed by atoms with Crippen molar-refractivity contribution in [3.05, 3.63) is 168 Å². The van der Waals surface area contributed by atoms with Crippen LogP contribution in [0.4, 0.5) is 0 Å². The van der Waals surface area contributed by atoms with Gasteiger partial charge in [-0.2, -0.15) is 0 Å². The molecule has 0 nitrogen and oxygen atoms in total. The number of fused-ring (bicyclic) bond motifs is 9. The Balaban J connectivity index is 1.02. The molecule has 1 aliphatic carbocycles. The minimum atomic E-state index is -0.115. The monoisotopic (exact) mass is 676 g/mol. The van der Waals surface area contributed by atoms with E-state index in [-0.39, 0.29) is 10.8 Å². The molecule has 0 saturated carbocycles. The van der Waals surface area contributed by atoms with Crippen LogP contribution in [0.15, 0.2) is 152 Å². The van der Waals surface area contributed by atoms with Crippen molar-refractivity contribution in [2.45, 2.75) is 45.4 Å². The van der Waals surface area contributed by atoms with Crippen LogP contribution in [0, 0.1) is 0 Å². The van der Waals surface area contributed by atoms with E-state index in [1.807, 2.05) is 0 Å². The van der Waals surface area contributed by atoms with E-state index in [9.17, 15) is 0 Å². The van der Waals surface area contributed by atoms with Gasteiger partial charge in [0.25, 0.3) is 0 Å². The van der Waals surface area contributed by atoms with E-state index in [1.165, 1.54) is 115 Å². The molecule has 0 amide bonds. The standard InChI is InChI=1S/C53H40/c1-52(2,3)47-27-22-34-19-25-42-36(23-18-33-20-26-43(47)51(34)50(33)42)32-16-14-31(15-17-32)35-21-24-41-46-29-44-39-12-8-6-10-37(39)38-11-7-9-13-40(38)45(44)30-49(46)53(4,5)48(41)28-35/h6-30H,1-5H3. The summed E-state index contributed by atoms with van der Waals surface area (Å²) >= 11 is 0. The maximum absolute atomic E-state index is 2.49. The highest BCUT2D eigenvalue weighted by Crippen LogP contribution is 2.52. The molecule has 0 unspecified atom stereocenters. The summed E-state index contributed by atoms with van der Waals surface area (Å²) in [5.41, 5.74) is 12.0. The molecule has 53 heavy (non-hydrogen) atoms. The second-order valence-electron chi connectivity index (χ2n) is 16.9. The van der Waals surface area contributed by atoms with Gasteiger partial charge in [0.05, 0.1) is 0 Å². The first kappa shape index (κ1) is 30.6. The Morgan fingerprint density at radius 1 is 0.358 bits per heavy atom. The van der Waals surface area contributed by atoms with Crippen LogP contribution in [-0.2, 0) is 10.8 Å². The average molecular weight is 677 g/mol. The largest absolute Gasteiger partial charge is 0.0616 e. The molecule has 10 aromatic rings. The highest BCUT2D eigenvalue weighted by atomic mass is 14.4. The van der Waals surface area contributed by atoms with Crippen LogP contribution in [0.1, 0.15) is 51.3 Å². The Labute approximate surface area is 310 Å². The van der Waals surface area contributed by atoms with Gasteiger partial charge >= 0.3 is 0 Å². The van der Waals surface area contributed by atoms with Crippen molar-refractivity contribution in [2.24, 2.45) is 0 Å². The van der Waals surface area contributed by atoms with Crippen molar-refractivity contribution in [3.63, 3.8) is 0 Å². The minimum Gasteiger partial charge on any atom is -0.0616 e. The van der Waals surface area contributed by atoms with E-state index in [0.29, 0.717) is 0 Å². The van der Waals surface area contributed by atoms with Crippen LogP contribution in [0.2, 0.25) is 0 Å². The third kappa shape index (κ3) is 4.24. The maximum atomic E-state index is 2.49. The predicted molar refractivity (Wildman–Crippen MR) is 230 cm³/mol. The van der Waals surface area contributed by atoms with Crippen LogP contribution in [0.5, 0.6) is 0 Å². The van der Waals surface area contributed by atoms with Crippen LogP contribution in [0.25, 0.3) is 98.0 Å². The summed E-state index contributed by atoms with van der Waals surface area (Å²) in [7, 11) is 0. The van der Waals surface area contributed by atoms with E-state index in [1.54, 1.807) is 0 Å². The highest BCUT2D eigenvalue weighted by Gasteiger charge is 2.36. The Hall–Kier alpha value is -5.98. The van der Waals surface area contributed by atoms with Gasteiger partial charge in [0.2, 0.25) is 0 Å². The first-order chi connectivity index (χ1) is 25.7.